The third-order valence-corrected chi connectivity index (χ3v) is 7.53. The van der Waals surface area contributed by atoms with Crippen LogP contribution in [0.4, 0.5) is 5.69 Å². The Kier molecular flexibility index (Phi) is 35.8. The number of aromatic nitrogens is 2. The van der Waals surface area contributed by atoms with Crippen LogP contribution in [0.5, 0.6) is 0 Å². The normalized spacial score (nSPS) is 10.4. The largest absolute Gasteiger partial charge is 0.354 e. The minimum absolute atomic E-state index is 0.194. The number of allylic oxidation sites excluding steroid dienone is 3. The second kappa shape index (κ2) is 33.0. The number of rotatable bonds is 9. The maximum atomic E-state index is 11.8. The Hall–Kier alpha value is -2.16. The van der Waals surface area contributed by atoms with Crippen LogP contribution in [0.1, 0.15) is 116 Å². The summed E-state index contributed by atoms with van der Waals surface area (Å²) in [5, 5.41) is 5.18. The molecule has 1 amide bonds. The molecule has 0 aliphatic heterocycles. The third-order valence-electron chi connectivity index (χ3n) is 5.14. The van der Waals surface area contributed by atoms with Crippen molar-refractivity contribution >= 4 is 66.1 Å². The number of benzene rings is 1. The summed E-state index contributed by atoms with van der Waals surface area (Å²) < 4.78 is 27.8. The SMILES string of the molecule is C=C(C)CC/C=C\C.CC.CC.CC(C)(C)OP(C)(=O)OC(C)(C)C.CCC.CN(C=O)c1ccnc(-c2cc(-c3c(Cl)cccc3Cl)no2)c1.ClCCl. The molecule has 3 rings (SSSR count). The molecule has 310 valence electrons. The topological polar surface area (TPSA) is 94.8 Å². The summed E-state index contributed by atoms with van der Waals surface area (Å²) in [5.41, 5.74) is 2.77. The van der Waals surface area contributed by atoms with Crippen molar-refractivity contribution in [3.8, 4) is 22.7 Å². The average molecular weight is 856 g/mol. The molecule has 0 fully saturated rings. The zero-order valence-electron chi connectivity index (χ0n) is 35.7. The summed E-state index contributed by atoms with van der Waals surface area (Å²) in [5.74, 6) is 0.456. The van der Waals surface area contributed by atoms with Crippen LogP contribution in [0.25, 0.3) is 22.7 Å². The first kappa shape index (κ1) is 58.5. The van der Waals surface area contributed by atoms with E-state index in [1.807, 2.05) is 76.2 Å². The van der Waals surface area contributed by atoms with E-state index in [9.17, 15) is 9.36 Å². The lowest BCUT2D eigenvalue weighted by molar-refractivity contribution is -0.107. The second-order valence-electron chi connectivity index (χ2n) is 12.8. The van der Waals surface area contributed by atoms with Gasteiger partial charge in [-0.05, 0) is 92.5 Å². The zero-order chi connectivity index (χ0) is 43.1. The van der Waals surface area contributed by atoms with E-state index in [1.165, 1.54) is 23.6 Å². The smallest absolute Gasteiger partial charge is 0.328 e. The van der Waals surface area contributed by atoms with Crippen molar-refractivity contribution in [3.63, 3.8) is 0 Å². The minimum atomic E-state index is -2.94. The molecule has 1 aromatic carbocycles. The van der Waals surface area contributed by atoms with Crippen molar-refractivity contribution in [2.75, 3.05) is 24.0 Å². The van der Waals surface area contributed by atoms with Crippen molar-refractivity contribution in [3.05, 3.63) is 76.9 Å². The maximum Gasteiger partial charge on any atom is 0.328 e. The number of carbonyl (C=O) groups excluding carboxylic acids is 1. The molecule has 0 saturated carbocycles. The predicted octanol–water partition coefficient (Wildman–Crippen LogP) is 15.6. The molecular formula is C41H68Cl4N3O5P. The van der Waals surface area contributed by atoms with Crippen LogP contribution < -0.4 is 4.90 Å². The Morgan fingerprint density at radius 2 is 1.41 bits per heavy atom. The van der Waals surface area contributed by atoms with Gasteiger partial charge < -0.3 is 18.5 Å². The summed E-state index contributed by atoms with van der Waals surface area (Å²) in [6.45, 7) is 32.8. The van der Waals surface area contributed by atoms with Crippen LogP contribution in [0.2, 0.25) is 10.0 Å². The van der Waals surface area contributed by atoms with E-state index in [0.717, 1.165) is 12.8 Å². The molecule has 0 bridgehead atoms. The Morgan fingerprint density at radius 3 is 1.80 bits per heavy atom. The molecule has 2 heterocycles. The average Bonchev–Trinajstić information content (AvgIpc) is 3.55. The van der Waals surface area contributed by atoms with E-state index in [4.69, 9.17) is 60.0 Å². The molecule has 54 heavy (non-hydrogen) atoms. The molecule has 3 aromatic rings. The molecular weight excluding hydrogens is 787 g/mol. The molecule has 0 aliphatic carbocycles. The predicted molar refractivity (Wildman–Crippen MR) is 239 cm³/mol. The number of alkyl halides is 2. The van der Waals surface area contributed by atoms with Gasteiger partial charge in [-0.3, -0.25) is 14.3 Å². The zero-order valence-corrected chi connectivity index (χ0v) is 39.6. The molecule has 13 heteroatoms. The lowest BCUT2D eigenvalue weighted by Gasteiger charge is -2.29. The highest BCUT2D eigenvalue weighted by Crippen LogP contribution is 2.50. The van der Waals surface area contributed by atoms with Crippen LogP contribution in [-0.4, -0.2) is 46.8 Å². The molecule has 2 aromatic heterocycles. The highest BCUT2D eigenvalue weighted by atomic mass is 35.5. The number of hydrogen-bond acceptors (Lipinski definition) is 7. The number of halogens is 4. The first-order chi connectivity index (χ1) is 25.1. The van der Waals surface area contributed by atoms with Crippen molar-refractivity contribution in [2.45, 2.75) is 127 Å². The Labute approximate surface area is 348 Å². The molecule has 0 unspecified atom stereocenters. The maximum absolute atomic E-state index is 11.8. The van der Waals surface area contributed by atoms with Gasteiger partial charge in [-0.1, -0.05) is 100 Å². The highest BCUT2D eigenvalue weighted by Gasteiger charge is 2.30. The van der Waals surface area contributed by atoms with E-state index in [2.05, 4.69) is 49.6 Å². The second-order valence-corrected chi connectivity index (χ2v) is 16.4. The first-order valence-corrected chi connectivity index (χ1v) is 21.8. The number of nitrogens with zero attached hydrogens (tertiary/aromatic N) is 3. The summed E-state index contributed by atoms with van der Waals surface area (Å²) in [7, 11) is -1.28. The number of carbonyl (C=O) groups is 1. The van der Waals surface area contributed by atoms with Crippen LogP contribution in [-0.2, 0) is 18.4 Å². The van der Waals surface area contributed by atoms with Gasteiger partial charge in [-0.25, -0.2) is 0 Å². The quantitative estimate of drug-likeness (QED) is 0.0915. The fourth-order valence-electron chi connectivity index (χ4n) is 3.60. The van der Waals surface area contributed by atoms with Gasteiger partial charge in [0.2, 0.25) is 6.41 Å². The van der Waals surface area contributed by atoms with Gasteiger partial charge in [0.1, 0.15) is 11.4 Å². The fourth-order valence-corrected chi connectivity index (χ4v) is 6.22. The van der Waals surface area contributed by atoms with Crippen LogP contribution in [0.3, 0.4) is 0 Å². The van der Waals surface area contributed by atoms with Gasteiger partial charge in [-0.15, -0.1) is 29.8 Å². The summed E-state index contributed by atoms with van der Waals surface area (Å²) in [6.07, 6.45) is 10.1. The van der Waals surface area contributed by atoms with E-state index < -0.39 is 18.8 Å². The summed E-state index contributed by atoms with van der Waals surface area (Å²) in [6, 6.07) is 10.4. The number of amides is 1. The molecule has 8 nitrogen and oxygen atoms in total. The molecule has 0 spiro atoms. The van der Waals surface area contributed by atoms with E-state index >= 15 is 0 Å². The van der Waals surface area contributed by atoms with Gasteiger partial charge in [-0.2, -0.15) is 0 Å². The number of pyridine rings is 1. The lowest BCUT2D eigenvalue weighted by Crippen LogP contribution is -2.23. The first-order valence-electron chi connectivity index (χ1n) is 18.0. The van der Waals surface area contributed by atoms with Gasteiger partial charge in [0, 0.05) is 37.2 Å². The fraction of sp³-hybridized carbons (Fsp3) is 0.537. The van der Waals surface area contributed by atoms with Crippen LogP contribution in [0, 0.1) is 0 Å². The minimum Gasteiger partial charge on any atom is -0.354 e. The lowest BCUT2D eigenvalue weighted by atomic mass is 10.1. The van der Waals surface area contributed by atoms with Crippen molar-refractivity contribution in [1.29, 1.82) is 0 Å². The van der Waals surface area contributed by atoms with Gasteiger partial charge in [0.05, 0.1) is 26.6 Å². The summed E-state index contributed by atoms with van der Waals surface area (Å²) >= 11 is 21.9. The summed E-state index contributed by atoms with van der Waals surface area (Å²) in [4.78, 5) is 16.5. The Morgan fingerprint density at radius 1 is 0.944 bits per heavy atom. The van der Waals surface area contributed by atoms with Gasteiger partial charge >= 0.3 is 7.60 Å². The molecule has 0 saturated heterocycles. The van der Waals surface area contributed by atoms with E-state index in [0.29, 0.717) is 44.9 Å². The van der Waals surface area contributed by atoms with Crippen LogP contribution >= 0.6 is 54.0 Å². The third kappa shape index (κ3) is 31.1. The van der Waals surface area contributed by atoms with Crippen molar-refractivity contribution in [2.24, 2.45) is 0 Å². The van der Waals surface area contributed by atoms with Gasteiger partial charge in [0.25, 0.3) is 0 Å². The van der Waals surface area contributed by atoms with E-state index in [1.54, 1.807) is 49.6 Å². The number of hydrogen-bond donors (Lipinski definition) is 0. The highest BCUT2D eigenvalue weighted by molar-refractivity contribution is 7.53. The molecule has 0 aliphatic rings. The van der Waals surface area contributed by atoms with Crippen LogP contribution in [0.15, 0.2) is 71.4 Å². The van der Waals surface area contributed by atoms with Crippen molar-refractivity contribution in [1.82, 2.24) is 10.1 Å². The molecule has 0 N–H and O–H groups in total. The number of anilines is 1. The monoisotopic (exact) mass is 853 g/mol. The standard InChI is InChI=1S/C16H11Cl2N3O2.C9H21O3P.C8H14.C3H8.2C2H6.CH2Cl2/c1-21(9-22)10-5-6-19-13(7-10)15-8-14(20-23-15)16-11(17)3-2-4-12(16)18;1-8(2,3)11-13(7,10)12-9(4,5)6;1-4-5-6-7-8(2)3;1-3-2;2*1-2;2-1-3/h2-9H,1H3;1-7H3;4-5H,2,6-7H2,1,3H3;3H2,1-2H3;2*1-2H3;1H2/b;;5-4-;;;;. The Bertz CT molecular complexity index is 1440. The Balaban J connectivity index is -0.000000342. The molecule has 0 atom stereocenters. The van der Waals surface area contributed by atoms with E-state index in [-0.39, 0.29) is 5.34 Å². The van der Waals surface area contributed by atoms with Crippen molar-refractivity contribution < 1.29 is 22.9 Å². The van der Waals surface area contributed by atoms with Gasteiger partial charge in [0.15, 0.2) is 5.76 Å². The molecule has 0 radical (unpaired) electrons.